The number of anilines is 1. The Hall–Kier alpha value is -5.09. The summed E-state index contributed by atoms with van der Waals surface area (Å²) in [7, 11) is 0. The van der Waals surface area contributed by atoms with Crippen molar-refractivity contribution in [3.63, 3.8) is 0 Å². The van der Waals surface area contributed by atoms with Crippen LogP contribution < -0.4 is 9.64 Å². The minimum atomic E-state index is -1.05. The standard InChI is InChI=1S/C33H28N4O5S/c1-18-10-9-15-36-20(3)26(35-31(18)36)28(39)25-27(23-13-8-14-24(16-23)42-17-22-11-6-5-7-12-22)37(32(41)29(25)40)33-34-19(2)30(43-33)21(4)38/h5-16,27,39H,17H2,1-4H3. The van der Waals surface area contributed by atoms with Crippen LogP contribution in [0, 0.1) is 20.8 Å². The third-order valence-electron chi connectivity index (χ3n) is 7.49. The van der Waals surface area contributed by atoms with Crippen LogP contribution in [-0.2, 0) is 16.2 Å². The summed E-state index contributed by atoms with van der Waals surface area (Å²) < 4.78 is 7.88. The van der Waals surface area contributed by atoms with Crippen molar-refractivity contribution in [2.24, 2.45) is 0 Å². The first-order valence-electron chi connectivity index (χ1n) is 13.7. The van der Waals surface area contributed by atoms with Crippen molar-refractivity contribution in [1.82, 2.24) is 14.4 Å². The molecule has 1 fully saturated rings. The molecule has 2 aromatic carbocycles. The molecule has 5 aromatic rings. The van der Waals surface area contributed by atoms with E-state index in [-0.39, 0.29) is 27.9 Å². The number of hydrogen-bond donors (Lipinski definition) is 1. The Morgan fingerprint density at radius 3 is 2.47 bits per heavy atom. The summed E-state index contributed by atoms with van der Waals surface area (Å²) in [5.74, 6) is -1.79. The third-order valence-corrected chi connectivity index (χ3v) is 8.74. The second kappa shape index (κ2) is 11.0. The Kier molecular flexibility index (Phi) is 7.15. The quantitative estimate of drug-likeness (QED) is 0.105. The zero-order valence-corrected chi connectivity index (χ0v) is 24.8. The summed E-state index contributed by atoms with van der Waals surface area (Å²) >= 11 is 1.04. The fourth-order valence-electron chi connectivity index (χ4n) is 5.35. The molecule has 1 amide bonds. The maximum absolute atomic E-state index is 13.7. The number of aromatic nitrogens is 3. The van der Waals surface area contributed by atoms with Gasteiger partial charge in [-0.15, -0.1) is 0 Å². The van der Waals surface area contributed by atoms with E-state index in [1.807, 2.05) is 60.0 Å². The molecule has 6 rings (SSSR count). The summed E-state index contributed by atoms with van der Waals surface area (Å²) in [4.78, 5) is 50.5. The van der Waals surface area contributed by atoms with Gasteiger partial charge in [0.1, 0.15) is 23.7 Å². The highest BCUT2D eigenvalue weighted by atomic mass is 32.1. The molecule has 43 heavy (non-hydrogen) atoms. The van der Waals surface area contributed by atoms with Crippen molar-refractivity contribution in [3.05, 3.63) is 117 Å². The van der Waals surface area contributed by atoms with E-state index in [1.165, 1.54) is 11.8 Å². The number of carbonyl (C=O) groups excluding carboxylic acids is 3. The summed E-state index contributed by atoms with van der Waals surface area (Å²) in [5.41, 5.74) is 4.18. The lowest BCUT2D eigenvalue weighted by atomic mass is 9.96. The Balaban J connectivity index is 1.52. The lowest BCUT2D eigenvalue weighted by molar-refractivity contribution is -0.132. The molecule has 1 N–H and O–H groups in total. The zero-order chi connectivity index (χ0) is 30.4. The molecule has 1 atom stereocenters. The number of rotatable bonds is 7. The molecule has 0 spiro atoms. The van der Waals surface area contributed by atoms with Gasteiger partial charge in [-0.25, -0.2) is 9.97 Å². The van der Waals surface area contributed by atoms with Crippen LogP contribution in [0.3, 0.4) is 0 Å². The third kappa shape index (κ3) is 4.89. The summed E-state index contributed by atoms with van der Waals surface area (Å²) in [5, 5.41) is 11.9. The van der Waals surface area contributed by atoms with Crippen LogP contribution in [0.15, 0.2) is 78.5 Å². The summed E-state index contributed by atoms with van der Waals surface area (Å²) in [6.07, 6.45) is 1.83. The highest BCUT2D eigenvalue weighted by molar-refractivity contribution is 7.18. The Bertz CT molecular complexity index is 1960. The van der Waals surface area contributed by atoms with Crippen LogP contribution in [0.2, 0.25) is 0 Å². The topological polar surface area (TPSA) is 114 Å². The molecule has 10 heteroatoms. The molecule has 0 saturated carbocycles. The van der Waals surface area contributed by atoms with Crippen molar-refractivity contribution in [2.75, 3.05) is 4.90 Å². The van der Waals surface area contributed by atoms with Crippen molar-refractivity contribution in [2.45, 2.75) is 40.3 Å². The number of aliphatic hydroxyl groups excluding tert-OH is 1. The number of imidazole rings is 1. The SMILES string of the molecule is CC(=O)c1sc(N2C(=O)C(=O)C(=C(O)c3nc4c(C)cccn4c3C)C2c2cccc(OCc3ccccc3)c2)nc1C. The van der Waals surface area contributed by atoms with Gasteiger partial charge in [-0.05, 0) is 55.7 Å². The Labute approximate surface area is 251 Å². The van der Waals surface area contributed by atoms with Crippen LogP contribution >= 0.6 is 11.3 Å². The van der Waals surface area contributed by atoms with Crippen LogP contribution in [0.4, 0.5) is 5.13 Å². The summed E-state index contributed by atoms with van der Waals surface area (Å²) in [6, 6.07) is 19.5. The van der Waals surface area contributed by atoms with E-state index in [9.17, 15) is 19.5 Å². The molecular weight excluding hydrogens is 564 g/mol. The zero-order valence-electron chi connectivity index (χ0n) is 24.0. The van der Waals surface area contributed by atoms with E-state index in [1.54, 1.807) is 38.1 Å². The van der Waals surface area contributed by atoms with Crippen molar-refractivity contribution < 1.29 is 24.2 Å². The van der Waals surface area contributed by atoms with Gasteiger partial charge in [0.2, 0.25) is 0 Å². The monoisotopic (exact) mass is 592 g/mol. The van der Waals surface area contributed by atoms with E-state index in [0.717, 1.165) is 22.5 Å². The van der Waals surface area contributed by atoms with E-state index >= 15 is 0 Å². The number of hydrogen-bond acceptors (Lipinski definition) is 8. The number of ether oxygens (including phenoxy) is 1. The number of nitrogens with zero attached hydrogens (tertiary/aromatic N) is 4. The number of benzene rings is 2. The molecule has 4 heterocycles. The number of Topliss-reactive ketones (excluding diaryl/α,β-unsaturated/α-hetero) is 2. The molecule has 9 nitrogen and oxygen atoms in total. The molecule has 0 bridgehead atoms. The molecule has 216 valence electrons. The molecule has 1 aliphatic heterocycles. The van der Waals surface area contributed by atoms with Gasteiger partial charge in [0.25, 0.3) is 5.78 Å². The van der Waals surface area contributed by atoms with Gasteiger partial charge in [0.15, 0.2) is 16.7 Å². The fraction of sp³-hybridized carbons (Fsp3) is 0.182. The number of fused-ring (bicyclic) bond motifs is 1. The number of aryl methyl sites for hydroxylation is 3. The van der Waals surface area contributed by atoms with Gasteiger partial charge in [-0.1, -0.05) is 59.9 Å². The molecule has 3 aromatic heterocycles. The van der Waals surface area contributed by atoms with E-state index in [2.05, 4.69) is 9.97 Å². The Morgan fingerprint density at radius 2 is 1.77 bits per heavy atom. The van der Waals surface area contributed by atoms with Gasteiger partial charge in [0.05, 0.1) is 27.9 Å². The maximum Gasteiger partial charge on any atom is 0.301 e. The predicted molar refractivity (Wildman–Crippen MR) is 164 cm³/mol. The van der Waals surface area contributed by atoms with Gasteiger partial charge in [-0.3, -0.25) is 19.3 Å². The van der Waals surface area contributed by atoms with E-state index < -0.39 is 17.7 Å². The number of amides is 1. The average molecular weight is 593 g/mol. The lowest BCUT2D eigenvalue weighted by Crippen LogP contribution is -2.29. The maximum atomic E-state index is 13.7. The van der Waals surface area contributed by atoms with E-state index in [4.69, 9.17) is 4.74 Å². The lowest BCUT2D eigenvalue weighted by Gasteiger charge is -2.23. The number of pyridine rings is 1. The highest BCUT2D eigenvalue weighted by Gasteiger charge is 2.49. The predicted octanol–water partition coefficient (Wildman–Crippen LogP) is 6.12. The molecule has 1 saturated heterocycles. The molecule has 1 aliphatic rings. The smallest absolute Gasteiger partial charge is 0.301 e. The first kappa shape index (κ1) is 28.0. The largest absolute Gasteiger partial charge is 0.505 e. The fourth-order valence-corrected chi connectivity index (χ4v) is 6.34. The molecule has 0 aliphatic carbocycles. The van der Waals surface area contributed by atoms with E-state index in [0.29, 0.717) is 39.8 Å². The number of thiazole rings is 1. The summed E-state index contributed by atoms with van der Waals surface area (Å²) in [6.45, 7) is 7.13. The molecular formula is C33H28N4O5S. The van der Waals surface area contributed by atoms with Gasteiger partial charge < -0.3 is 14.2 Å². The molecule has 0 radical (unpaired) electrons. The van der Waals surface area contributed by atoms with Crippen molar-refractivity contribution in [1.29, 1.82) is 0 Å². The first-order valence-corrected chi connectivity index (χ1v) is 14.5. The van der Waals surface area contributed by atoms with Gasteiger partial charge in [-0.2, -0.15) is 0 Å². The number of ketones is 2. The van der Waals surface area contributed by atoms with Crippen molar-refractivity contribution in [3.8, 4) is 5.75 Å². The second-order valence-electron chi connectivity index (χ2n) is 10.4. The van der Waals surface area contributed by atoms with Crippen LogP contribution in [0.5, 0.6) is 5.75 Å². The minimum Gasteiger partial charge on any atom is -0.505 e. The highest BCUT2D eigenvalue weighted by Crippen LogP contribution is 2.44. The number of aliphatic hydroxyl groups is 1. The average Bonchev–Trinajstić information content (AvgIpc) is 3.64. The second-order valence-corrected chi connectivity index (χ2v) is 11.4. The normalized spacial score (nSPS) is 16.3. The van der Waals surface area contributed by atoms with Crippen molar-refractivity contribution >= 4 is 45.3 Å². The minimum absolute atomic E-state index is 0.119. The van der Waals surface area contributed by atoms with Crippen LogP contribution in [0.1, 0.15) is 56.4 Å². The number of carbonyl (C=O) groups is 3. The van der Waals surface area contributed by atoms with Crippen LogP contribution in [0.25, 0.3) is 11.4 Å². The first-order chi connectivity index (χ1) is 20.7. The molecule has 1 unspecified atom stereocenters. The Morgan fingerprint density at radius 1 is 1.00 bits per heavy atom. The van der Waals surface area contributed by atoms with Gasteiger partial charge in [0, 0.05) is 13.1 Å². The van der Waals surface area contributed by atoms with Crippen LogP contribution in [-0.4, -0.2) is 36.9 Å². The van der Waals surface area contributed by atoms with Gasteiger partial charge >= 0.3 is 5.91 Å².